The number of carboxylic acid groups (broad SMARTS) is 1. The Kier molecular flexibility index (Phi) is 7.09. The highest BCUT2D eigenvalue weighted by atomic mass is 16.5. The Bertz CT molecular complexity index is 657. The summed E-state index contributed by atoms with van der Waals surface area (Å²) in [5.74, 6) is 0.0496. The zero-order valence-corrected chi connectivity index (χ0v) is 14.1. The smallest absolute Gasteiger partial charge is 0.330 e. The number of carbonyl (C=O) groups is 1. The lowest BCUT2D eigenvalue weighted by Crippen LogP contribution is -1.97. The van der Waals surface area contributed by atoms with E-state index in [0.717, 1.165) is 31.4 Å². The summed E-state index contributed by atoms with van der Waals surface area (Å²) in [6.07, 6.45) is 5.59. The van der Waals surface area contributed by atoms with E-state index < -0.39 is 5.97 Å². The minimum Gasteiger partial charge on any atom is -0.494 e. The van der Waals surface area contributed by atoms with Gasteiger partial charge in [0.15, 0.2) is 0 Å². The second kappa shape index (κ2) is 9.56. The van der Waals surface area contributed by atoms with Crippen molar-refractivity contribution in [3.05, 3.63) is 66.2 Å². The van der Waals surface area contributed by atoms with Gasteiger partial charge in [0, 0.05) is 5.57 Å². The molecule has 126 valence electrons. The molecule has 0 heterocycles. The van der Waals surface area contributed by atoms with E-state index in [0.29, 0.717) is 12.2 Å². The van der Waals surface area contributed by atoms with Gasteiger partial charge in [-0.25, -0.2) is 4.79 Å². The van der Waals surface area contributed by atoms with Crippen LogP contribution in [0.4, 0.5) is 0 Å². The van der Waals surface area contributed by atoms with E-state index >= 15 is 0 Å². The minimum absolute atomic E-state index is 0.421. The van der Waals surface area contributed by atoms with Crippen molar-refractivity contribution in [2.45, 2.75) is 32.6 Å². The normalized spacial score (nSPS) is 11.3. The van der Waals surface area contributed by atoms with Crippen LogP contribution in [0.3, 0.4) is 0 Å². The van der Waals surface area contributed by atoms with Crippen LogP contribution in [0.5, 0.6) is 5.75 Å². The molecule has 0 spiro atoms. The summed E-state index contributed by atoms with van der Waals surface area (Å²) in [6, 6.07) is 18.4. The third-order valence-electron chi connectivity index (χ3n) is 3.87. The number of benzene rings is 2. The number of unbranched alkanes of at least 4 members (excludes halogenated alkanes) is 3. The van der Waals surface area contributed by atoms with E-state index in [9.17, 15) is 4.79 Å². The Labute approximate surface area is 143 Å². The summed E-state index contributed by atoms with van der Waals surface area (Å²) in [5, 5.41) is 8.75. The molecule has 0 aliphatic heterocycles. The first kappa shape index (κ1) is 17.8. The molecule has 0 radical (unpaired) electrons. The van der Waals surface area contributed by atoms with Crippen molar-refractivity contribution in [2.75, 3.05) is 6.61 Å². The molecule has 24 heavy (non-hydrogen) atoms. The van der Waals surface area contributed by atoms with E-state index in [2.05, 4.69) is 24.3 Å². The predicted molar refractivity (Wildman–Crippen MR) is 97.2 cm³/mol. The molecule has 0 atom stereocenters. The van der Waals surface area contributed by atoms with E-state index in [-0.39, 0.29) is 0 Å². The molecule has 0 fully saturated rings. The predicted octanol–water partition coefficient (Wildman–Crippen LogP) is 5.32. The van der Waals surface area contributed by atoms with Crippen LogP contribution in [0.1, 0.15) is 32.6 Å². The second-order valence-corrected chi connectivity index (χ2v) is 5.78. The first-order valence-corrected chi connectivity index (χ1v) is 8.35. The van der Waals surface area contributed by atoms with Crippen LogP contribution in [0.25, 0.3) is 11.1 Å². The van der Waals surface area contributed by atoms with Crippen LogP contribution in [0, 0.1) is 0 Å². The van der Waals surface area contributed by atoms with Crippen LogP contribution in [0.2, 0.25) is 0 Å². The van der Waals surface area contributed by atoms with Crippen molar-refractivity contribution < 1.29 is 14.6 Å². The zero-order chi connectivity index (χ0) is 17.2. The quantitative estimate of drug-likeness (QED) is 0.501. The topological polar surface area (TPSA) is 46.5 Å². The van der Waals surface area contributed by atoms with Gasteiger partial charge >= 0.3 is 5.97 Å². The van der Waals surface area contributed by atoms with Crippen molar-refractivity contribution >= 4 is 5.97 Å². The summed E-state index contributed by atoms with van der Waals surface area (Å²) in [7, 11) is 0. The van der Waals surface area contributed by atoms with Gasteiger partial charge in [-0.1, -0.05) is 48.5 Å². The molecule has 3 heteroatoms. The maximum Gasteiger partial charge on any atom is 0.330 e. The lowest BCUT2D eigenvalue weighted by Gasteiger charge is -2.07. The molecule has 2 rings (SSSR count). The Morgan fingerprint density at radius 3 is 2.29 bits per heavy atom. The van der Waals surface area contributed by atoms with Gasteiger partial charge < -0.3 is 9.84 Å². The number of rotatable bonds is 9. The number of hydrogen-bond donors (Lipinski definition) is 1. The molecule has 0 saturated carbocycles. The summed E-state index contributed by atoms with van der Waals surface area (Å²) < 4.78 is 5.75. The largest absolute Gasteiger partial charge is 0.494 e. The van der Waals surface area contributed by atoms with Crippen molar-refractivity contribution in [2.24, 2.45) is 0 Å². The second-order valence-electron chi connectivity index (χ2n) is 5.78. The van der Waals surface area contributed by atoms with Crippen LogP contribution in [0.15, 0.2) is 66.2 Å². The summed E-state index contributed by atoms with van der Waals surface area (Å²) >= 11 is 0. The van der Waals surface area contributed by atoms with Gasteiger partial charge in [-0.15, -0.1) is 0 Å². The lowest BCUT2D eigenvalue weighted by molar-refractivity contribution is -0.132. The molecular weight excluding hydrogens is 300 g/mol. The summed E-state index contributed by atoms with van der Waals surface area (Å²) in [4.78, 5) is 10.6. The SMILES string of the molecule is CC(=CCCCCCOc1ccc(-c2ccccc2)cc1)C(=O)O. The van der Waals surface area contributed by atoms with Gasteiger partial charge in [0.2, 0.25) is 0 Å². The fourth-order valence-corrected chi connectivity index (χ4v) is 2.39. The van der Waals surface area contributed by atoms with E-state index in [1.165, 1.54) is 11.1 Å². The molecule has 1 N–H and O–H groups in total. The third-order valence-corrected chi connectivity index (χ3v) is 3.87. The molecule has 2 aromatic carbocycles. The summed E-state index contributed by atoms with van der Waals surface area (Å²) in [6.45, 7) is 2.32. The highest BCUT2D eigenvalue weighted by Crippen LogP contribution is 2.22. The van der Waals surface area contributed by atoms with Gasteiger partial charge in [-0.2, -0.15) is 0 Å². The summed E-state index contributed by atoms with van der Waals surface area (Å²) in [5.41, 5.74) is 2.81. The average Bonchev–Trinajstić information content (AvgIpc) is 2.62. The van der Waals surface area contributed by atoms with Gasteiger partial charge in [0.1, 0.15) is 5.75 Å². The number of aliphatic carboxylic acids is 1. The number of carboxylic acids is 1. The highest BCUT2D eigenvalue weighted by Gasteiger charge is 1.99. The lowest BCUT2D eigenvalue weighted by atomic mass is 10.1. The van der Waals surface area contributed by atoms with Crippen LogP contribution in [-0.2, 0) is 4.79 Å². The number of hydrogen-bond acceptors (Lipinski definition) is 2. The van der Waals surface area contributed by atoms with Crippen molar-refractivity contribution in [1.29, 1.82) is 0 Å². The van der Waals surface area contributed by atoms with Crippen LogP contribution in [-0.4, -0.2) is 17.7 Å². The maximum absolute atomic E-state index is 10.6. The Morgan fingerprint density at radius 1 is 0.958 bits per heavy atom. The first-order chi connectivity index (χ1) is 11.7. The molecule has 0 bridgehead atoms. The third kappa shape index (κ3) is 5.92. The first-order valence-electron chi connectivity index (χ1n) is 8.35. The molecule has 0 unspecified atom stereocenters. The van der Waals surface area contributed by atoms with Crippen molar-refractivity contribution in [1.82, 2.24) is 0 Å². The number of allylic oxidation sites excluding steroid dienone is 1. The Morgan fingerprint density at radius 2 is 1.62 bits per heavy atom. The van der Waals surface area contributed by atoms with Crippen molar-refractivity contribution in [3.63, 3.8) is 0 Å². The average molecular weight is 324 g/mol. The molecule has 0 aromatic heterocycles. The molecule has 0 aliphatic carbocycles. The zero-order valence-electron chi connectivity index (χ0n) is 14.1. The monoisotopic (exact) mass is 324 g/mol. The standard InChI is InChI=1S/C21H24O3/c1-17(21(22)23)9-5-2-3-8-16-24-20-14-12-19(13-15-20)18-10-6-4-7-11-18/h4,6-7,9-15H,2-3,5,8,16H2,1H3,(H,22,23). The molecule has 0 saturated heterocycles. The fourth-order valence-electron chi connectivity index (χ4n) is 2.39. The Hall–Kier alpha value is -2.55. The fraction of sp³-hybridized carbons (Fsp3) is 0.286. The van der Waals surface area contributed by atoms with Crippen molar-refractivity contribution in [3.8, 4) is 16.9 Å². The molecule has 2 aromatic rings. The minimum atomic E-state index is -0.836. The maximum atomic E-state index is 10.6. The van der Waals surface area contributed by atoms with E-state index in [1.807, 2.05) is 30.3 Å². The van der Waals surface area contributed by atoms with E-state index in [4.69, 9.17) is 9.84 Å². The Balaban J connectivity index is 1.66. The van der Waals surface area contributed by atoms with Gasteiger partial charge in [0.05, 0.1) is 6.61 Å². The van der Waals surface area contributed by atoms with Crippen LogP contribution >= 0.6 is 0 Å². The van der Waals surface area contributed by atoms with Gasteiger partial charge in [-0.05, 0) is 55.9 Å². The van der Waals surface area contributed by atoms with E-state index in [1.54, 1.807) is 13.0 Å². The molecule has 0 aliphatic rings. The number of ether oxygens (including phenoxy) is 1. The highest BCUT2D eigenvalue weighted by molar-refractivity contribution is 5.85. The molecular formula is C21H24O3. The van der Waals surface area contributed by atoms with Gasteiger partial charge in [-0.3, -0.25) is 0 Å². The van der Waals surface area contributed by atoms with Gasteiger partial charge in [0.25, 0.3) is 0 Å². The molecule has 0 amide bonds. The molecule has 3 nitrogen and oxygen atoms in total. The van der Waals surface area contributed by atoms with Crippen LogP contribution < -0.4 is 4.74 Å².